The van der Waals surface area contributed by atoms with Crippen LogP contribution in [0.2, 0.25) is 0 Å². The molecular weight excluding hydrogens is 294 g/mol. The molecule has 108 valence electrons. The van der Waals surface area contributed by atoms with Gasteiger partial charge in [0.1, 0.15) is 0 Å². The van der Waals surface area contributed by atoms with Gasteiger partial charge in [-0.2, -0.15) is 0 Å². The fraction of sp³-hybridized carbons (Fsp3) is 0.286. The summed E-state index contributed by atoms with van der Waals surface area (Å²) in [4.78, 5) is 15.9. The molecule has 0 aliphatic carbocycles. The molecule has 1 heterocycles. The van der Waals surface area contributed by atoms with E-state index in [1.54, 1.807) is 6.92 Å². The summed E-state index contributed by atoms with van der Waals surface area (Å²) in [5.41, 5.74) is 8.71. The summed E-state index contributed by atoms with van der Waals surface area (Å²) in [5, 5.41) is 5.21. The number of halogens is 1. The van der Waals surface area contributed by atoms with Gasteiger partial charge in [-0.15, -0.1) is 23.7 Å². The number of nitrogens with zero attached hydrogens (tertiary/aromatic N) is 1. The second kappa shape index (κ2) is 7.38. The first kappa shape index (κ1) is 16.6. The number of nitrogens with one attached hydrogen (secondary N) is 1. The van der Waals surface area contributed by atoms with Gasteiger partial charge in [0, 0.05) is 10.9 Å². The van der Waals surface area contributed by atoms with Crippen LogP contribution in [0.5, 0.6) is 0 Å². The number of aryl methyl sites for hydroxylation is 1. The number of nitrogens with two attached hydrogens (primary N) is 1. The van der Waals surface area contributed by atoms with E-state index < -0.39 is 6.04 Å². The lowest BCUT2D eigenvalue weighted by atomic mass is 10.1. The van der Waals surface area contributed by atoms with Crippen molar-refractivity contribution in [1.82, 2.24) is 4.98 Å². The summed E-state index contributed by atoms with van der Waals surface area (Å²) < 4.78 is 0. The maximum absolute atomic E-state index is 11.5. The first-order chi connectivity index (χ1) is 9.10. The van der Waals surface area contributed by atoms with Crippen LogP contribution in [0, 0.1) is 0 Å². The molecule has 20 heavy (non-hydrogen) atoms. The van der Waals surface area contributed by atoms with Crippen molar-refractivity contribution in [3.05, 3.63) is 35.2 Å². The maximum atomic E-state index is 11.5. The molecule has 0 radical (unpaired) electrons. The van der Waals surface area contributed by atoms with E-state index in [4.69, 9.17) is 5.73 Å². The maximum Gasteiger partial charge on any atom is 0.242 e. The highest BCUT2D eigenvalue weighted by atomic mass is 35.5. The van der Waals surface area contributed by atoms with Crippen LogP contribution in [0.15, 0.2) is 29.6 Å². The van der Waals surface area contributed by atoms with Crippen molar-refractivity contribution in [2.45, 2.75) is 26.3 Å². The molecule has 1 aromatic carbocycles. The molecule has 0 aliphatic heterocycles. The van der Waals surface area contributed by atoms with Crippen LogP contribution in [-0.4, -0.2) is 16.9 Å². The third-order valence-electron chi connectivity index (χ3n) is 2.81. The molecule has 0 spiro atoms. The summed E-state index contributed by atoms with van der Waals surface area (Å²) in [7, 11) is 0. The Morgan fingerprint density at radius 3 is 2.60 bits per heavy atom. The minimum Gasteiger partial charge on any atom is -0.320 e. The quantitative estimate of drug-likeness (QED) is 0.911. The molecule has 0 fully saturated rings. The molecule has 0 bridgehead atoms. The molecule has 2 aromatic rings. The zero-order valence-corrected chi connectivity index (χ0v) is 13.1. The largest absolute Gasteiger partial charge is 0.320 e. The van der Waals surface area contributed by atoms with Gasteiger partial charge in [0.2, 0.25) is 5.91 Å². The third kappa shape index (κ3) is 4.03. The Hall–Kier alpha value is -1.43. The van der Waals surface area contributed by atoms with Gasteiger partial charge in [-0.25, -0.2) is 4.98 Å². The Bertz CT molecular complexity index is 566. The average molecular weight is 312 g/mol. The van der Waals surface area contributed by atoms with E-state index in [0.717, 1.165) is 17.7 Å². The number of aromatic nitrogens is 1. The van der Waals surface area contributed by atoms with Crippen LogP contribution >= 0.6 is 23.7 Å². The average Bonchev–Trinajstić information content (AvgIpc) is 2.87. The Morgan fingerprint density at radius 2 is 2.05 bits per heavy atom. The van der Waals surface area contributed by atoms with Crippen LogP contribution in [0.25, 0.3) is 11.3 Å². The molecule has 1 aromatic heterocycles. The molecule has 0 aliphatic rings. The van der Waals surface area contributed by atoms with Crippen molar-refractivity contribution in [1.29, 1.82) is 0 Å². The number of thiazole rings is 1. The zero-order valence-electron chi connectivity index (χ0n) is 11.4. The van der Waals surface area contributed by atoms with Crippen LogP contribution in [-0.2, 0) is 11.2 Å². The Labute approximate surface area is 128 Å². The molecule has 3 N–H and O–H groups in total. The van der Waals surface area contributed by atoms with Crippen molar-refractivity contribution in [2.24, 2.45) is 5.73 Å². The van der Waals surface area contributed by atoms with Crippen molar-refractivity contribution >= 4 is 34.8 Å². The van der Waals surface area contributed by atoms with Gasteiger partial charge >= 0.3 is 0 Å². The van der Waals surface area contributed by atoms with E-state index in [2.05, 4.69) is 29.4 Å². The first-order valence-electron chi connectivity index (χ1n) is 6.21. The highest BCUT2D eigenvalue weighted by molar-refractivity contribution is 7.14. The molecule has 4 nitrogen and oxygen atoms in total. The van der Waals surface area contributed by atoms with Crippen molar-refractivity contribution in [3.63, 3.8) is 0 Å². The standard InChI is InChI=1S/C14H17N3OS.ClH/c1-3-10-4-6-11(7-5-10)12-8-19-14(16-12)17-13(18)9(2)15;/h4-9H,3,15H2,1-2H3,(H,16,17,18);1H. The third-order valence-corrected chi connectivity index (χ3v) is 3.56. The minimum absolute atomic E-state index is 0. The smallest absolute Gasteiger partial charge is 0.242 e. The van der Waals surface area contributed by atoms with E-state index in [9.17, 15) is 4.79 Å². The summed E-state index contributed by atoms with van der Waals surface area (Å²) in [5.74, 6) is -0.220. The van der Waals surface area contributed by atoms with Gasteiger partial charge in [-0.05, 0) is 18.9 Å². The van der Waals surface area contributed by atoms with Crippen LogP contribution in [0.3, 0.4) is 0 Å². The molecule has 0 saturated carbocycles. The highest BCUT2D eigenvalue weighted by Crippen LogP contribution is 2.25. The fourth-order valence-electron chi connectivity index (χ4n) is 1.59. The van der Waals surface area contributed by atoms with Gasteiger partial charge in [0.15, 0.2) is 5.13 Å². The van der Waals surface area contributed by atoms with Gasteiger partial charge < -0.3 is 11.1 Å². The number of amides is 1. The van der Waals surface area contributed by atoms with Gasteiger partial charge in [0.05, 0.1) is 11.7 Å². The Kier molecular flexibility index (Phi) is 6.13. The van der Waals surface area contributed by atoms with Crippen LogP contribution < -0.4 is 11.1 Å². The predicted octanol–water partition coefficient (Wildman–Crippen LogP) is 3.08. The lowest BCUT2D eigenvalue weighted by molar-refractivity contribution is -0.117. The molecule has 1 amide bonds. The zero-order chi connectivity index (χ0) is 13.8. The summed E-state index contributed by atoms with van der Waals surface area (Å²) >= 11 is 1.40. The van der Waals surface area contributed by atoms with E-state index in [-0.39, 0.29) is 18.3 Å². The lowest BCUT2D eigenvalue weighted by Gasteiger charge is -2.03. The highest BCUT2D eigenvalue weighted by Gasteiger charge is 2.10. The number of hydrogen-bond acceptors (Lipinski definition) is 4. The molecule has 1 atom stereocenters. The second-order valence-corrected chi connectivity index (χ2v) is 5.22. The molecular formula is C14H18ClN3OS. The van der Waals surface area contributed by atoms with E-state index in [0.29, 0.717) is 5.13 Å². The number of hydrogen-bond donors (Lipinski definition) is 2. The SMILES string of the molecule is CCc1ccc(-c2csc(NC(=O)C(C)N)n2)cc1.Cl. The predicted molar refractivity (Wildman–Crippen MR) is 86.5 cm³/mol. The number of carbonyl (C=O) groups excluding carboxylic acids is 1. The van der Waals surface area contributed by atoms with Crippen molar-refractivity contribution in [2.75, 3.05) is 5.32 Å². The van der Waals surface area contributed by atoms with Gasteiger partial charge in [-0.3, -0.25) is 4.79 Å². The monoisotopic (exact) mass is 311 g/mol. The minimum atomic E-state index is -0.531. The Morgan fingerprint density at radius 1 is 1.40 bits per heavy atom. The topological polar surface area (TPSA) is 68.0 Å². The number of anilines is 1. The van der Waals surface area contributed by atoms with Crippen LogP contribution in [0.1, 0.15) is 19.4 Å². The molecule has 6 heteroatoms. The number of carbonyl (C=O) groups is 1. The molecule has 0 saturated heterocycles. The fourth-order valence-corrected chi connectivity index (χ4v) is 2.32. The first-order valence-corrected chi connectivity index (χ1v) is 7.09. The van der Waals surface area contributed by atoms with Crippen molar-refractivity contribution in [3.8, 4) is 11.3 Å². The van der Waals surface area contributed by atoms with E-state index >= 15 is 0 Å². The van der Waals surface area contributed by atoms with Gasteiger partial charge in [-0.1, -0.05) is 31.2 Å². The molecule has 1 unspecified atom stereocenters. The summed E-state index contributed by atoms with van der Waals surface area (Å²) in [6.07, 6.45) is 1.02. The summed E-state index contributed by atoms with van der Waals surface area (Å²) in [6.45, 7) is 3.77. The van der Waals surface area contributed by atoms with E-state index in [1.807, 2.05) is 17.5 Å². The van der Waals surface area contributed by atoms with E-state index in [1.165, 1.54) is 16.9 Å². The second-order valence-electron chi connectivity index (χ2n) is 4.37. The van der Waals surface area contributed by atoms with Crippen LogP contribution in [0.4, 0.5) is 5.13 Å². The number of benzene rings is 1. The number of rotatable bonds is 4. The normalized spacial score (nSPS) is 11.6. The Balaban J connectivity index is 0.00000200. The van der Waals surface area contributed by atoms with Crippen molar-refractivity contribution < 1.29 is 4.79 Å². The van der Waals surface area contributed by atoms with Gasteiger partial charge in [0.25, 0.3) is 0 Å². The summed E-state index contributed by atoms with van der Waals surface area (Å²) in [6, 6.07) is 7.75. The lowest BCUT2D eigenvalue weighted by Crippen LogP contribution is -2.32. The molecule has 2 rings (SSSR count).